The third-order valence-corrected chi connectivity index (χ3v) is 2.89. The molecule has 0 atom stereocenters. The van der Waals surface area contributed by atoms with Gasteiger partial charge in [0, 0.05) is 11.8 Å². The summed E-state index contributed by atoms with van der Waals surface area (Å²) in [6, 6.07) is 13.1. The Hall–Kier alpha value is -2.03. The van der Waals surface area contributed by atoms with Crippen LogP contribution < -0.4 is 5.56 Å². The van der Waals surface area contributed by atoms with Crippen molar-refractivity contribution < 1.29 is 5.11 Å². The second-order valence-electron chi connectivity index (χ2n) is 4.42. The van der Waals surface area contributed by atoms with E-state index < -0.39 is 0 Å². The largest absolute Gasteiger partial charge is 0.508 e. The molecule has 0 bridgehead atoms. The number of nitrogens with one attached hydrogen (secondary N) is 1. The van der Waals surface area contributed by atoms with Crippen molar-refractivity contribution in [3.63, 3.8) is 0 Å². The van der Waals surface area contributed by atoms with Gasteiger partial charge in [-0.25, -0.2) is 0 Å². The Bertz CT molecular complexity index is 546. The zero-order valence-corrected chi connectivity index (χ0v) is 10.2. The summed E-state index contributed by atoms with van der Waals surface area (Å²) in [5.41, 5.74) is 1.89. The predicted molar refractivity (Wildman–Crippen MR) is 71.8 cm³/mol. The predicted octanol–water partition coefficient (Wildman–Crippen LogP) is 2.65. The average molecular weight is 243 g/mol. The number of aromatic hydroxyl groups is 1. The Kier molecular flexibility index (Phi) is 4.18. The first-order chi connectivity index (χ1) is 8.74. The van der Waals surface area contributed by atoms with E-state index in [0.29, 0.717) is 0 Å². The lowest BCUT2D eigenvalue weighted by Gasteiger charge is -2.03. The summed E-state index contributed by atoms with van der Waals surface area (Å²) in [4.78, 5) is 13.9. The van der Waals surface area contributed by atoms with Gasteiger partial charge in [0.2, 0.25) is 0 Å². The van der Waals surface area contributed by atoms with Gasteiger partial charge in [0.25, 0.3) is 5.56 Å². The van der Waals surface area contributed by atoms with Gasteiger partial charge in [0.15, 0.2) is 0 Å². The molecule has 18 heavy (non-hydrogen) atoms. The number of hydrogen-bond donors (Lipinski definition) is 2. The number of aromatic nitrogens is 1. The van der Waals surface area contributed by atoms with Gasteiger partial charge in [-0.2, -0.15) is 0 Å². The van der Waals surface area contributed by atoms with Crippen molar-refractivity contribution in [3.05, 3.63) is 64.1 Å². The Balaban J connectivity index is 1.80. The van der Waals surface area contributed by atoms with Crippen LogP contribution in [0, 0.1) is 0 Å². The van der Waals surface area contributed by atoms with Crippen LogP contribution >= 0.6 is 0 Å². The van der Waals surface area contributed by atoms with E-state index in [0.717, 1.165) is 31.4 Å². The topological polar surface area (TPSA) is 53.1 Å². The fourth-order valence-corrected chi connectivity index (χ4v) is 2.01. The molecule has 0 spiro atoms. The quantitative estimate of drug-likeness (QED) is 0.793. The number of H-pyrrole nitrogens is 1. The maximum Gasteiger partial charge on any atom is 0.251 e. The Labute approximate surface area is 106 Å². The van der Waals surface area contributed by atoms with Crippen LogP contribution in [-0.2, 0) is 12.8 Å². The third-order valence-electron chi connectivity index (χ3n) is 2.89. The van der Waals surface area contributed by atoms with Gasteiger partial charge >= 0.3 is 0 Å². The van der Waals surface area contributed by atoms with Crippen LogP contribution in [0.15, 0.2) is 47.3 Å². The molecule has 2 aromatic rings. The van der Waals surface area contributed by atoms with Crippen LogP contribution in [0.4, 0.5) is 0 Å². The molecule has 2 N–H and O–H groups in total. The van der Waals surface area contributed by atoms with Crippen LogP contribution in [0.3, 0.4) is 0 Å². The number of pyridine rings is 1. The van der Waals surface area contributed by atoms with Gasteiger partial charge < -0.3 is 10.1 Å². The van der Waals surface area contributed by atoms with Crippen LogP contribution in [0.25, 0.3) is 0 Å². The van der Waals surface area contributed by atoms with E-state index in [1.807, 2.05) is 18.2 Å². The summed E-state index contributed by atoms with van der Waals surface area (Å²) >= 11 is 0. The van der Waals surface area contributed by atoms with Crippen molar-refractivity contribution in [1.29, 1.82) is 0 Å². The lowest BCUT2D eigenvalue weighted by Crippen LogP contribution is -2.06. The molecule has 94 valence electrons. The van der Waals surface area contributed by atoms with Gasteiger partial charge in [0.1, 0.15) is 5.75 Å². The molecule has 1 heterocycles. The van der Waals surface area contributed by atoms with Crippen molar-refractivity contribution in [2.75, 3.05) is 0 Å². The van der Waals surface area contributed by atoms with E-state index in [1.165, 1.54) is 11.6 Å². The monoisotopic (exact) mass is 243 g/mol. The van der Waals surface area contributed by atoms with Gasteiger partial charge in [-0.3, -0.25) is 4.79 Å². The standard InChI is InChI=1S/C15H17NO2/c17-14-10-13(16-15(18)11-14)9-5-4-8-12-6-2-1-3-7-12/h1-3,6-7,10-11H,4-5,8-9H2,(H2,16,17,18). The number of aryl methyl sites for hydroxylation is 2. The van der Waals surface area contributed by atoms with E-state index in [-0.39, 0.29) is 11.3 Å². The molecular formula is C15H17NO2. The van der Waals surface area contributed by atoms with Crippen LogP contribution in [0.1, 0.15) is 24.1 Å². The first kappa shape index (κ1) is 12.4. The number of hydrogen-bond acceptors (Lipinski definition) is 2. The van der Waals surface area contributed by atoms with Crippen LogP contribution in [0.5, 0.6) is 5.75 Å². The van der Waals surface area contributed by atoms with E-state index in [9.17, 15) is 9.90 Å². The normalized spacial score (nSPS) is 10.4. The molecule has 0 aliphatic heterocycles. The van der Waals surface area contributed by atoms with Crippen LogP contribution in [0.2, 0.25) is 0 Å². The molecule has 1 aromatic heterocycles. The maximum absolute atomic E-state index is 11.1. The van der Waals surface area contributed by atoms with E-state index >= 15 is 0 Å². The molecule has 3 nitrogen and oxygen atoms in total. The van der Waals surface area contributed by atoms with Crippen molar-refractivity contribution in [2.24, 2.45) is 0 Å². The second-order valence-corrected chi connectivity index (χ2v) is 4.42. The van der Waals surface area contributed by atoms with Gasteiger partial charge in [-0.15, -0.1) is 0 Å². The molecule has 2 rings (SSSR count). The summed E-state index contributed by atoms with van der Waals surface area (Å²) in [5, 5.41) is 9.31. The first-order valence-electron chi connectivity index (χ1n) is 6.20. The minimum atomic E-state index is -0.243. The highest BCUT2D eigenvalue weighted by atomic mass is 16.3. The molecule has 0 amide bonds. The molecular weight excluding hydrogens is 226 g/mol. The molecule has 0 aliphatic rings. The minimum Gasteiger partial charge on any atom is -0.508 e. The lowest BCUT2D eigenvalue weighted by atomic mass is 10.1. The fraction of sp³-hybridized carbons (Fsp3) is 0.267. The number of benzene rings is 1. The minimum absolute atomic E-state index is 0.0387. The molecule has 0 saturated carbocycles. The molecule has 0 saturated heterocycles. The number of aromatic amines is 1. The number of rotatable bonds is 5. The molecule has 0 fully saturated rings. The average Bonchev–Trinajstić information content (AvgIpc) is 2.35. The Morgan fingerprint density at radius 1 is 1.00 bits per heavy atom. The van der Waals surface area contributed by atoms with E-state index in [1.54, 1.807) is 6.07 Å². The molecule has 0 aliphatic carbocycles. The molecule has 1 aromatic carbocycles. The Morgan fingerprint density at radius 3 is 2.44 bits per heavy atom. The first-order valence-corrected chi connectivity index (χ1v) is 6.20. The highest BCUT2D eigenvalue weighted by Crippen LogP contribution is 2.10. The maximum atomic E-state index is 11.1. The zero-order chi connectivity index (χ0) is 12.8. The summed E-state index contributed by atoms with van der Waals surface area (Å²) in [6.45, 7) is 0. The van der Waals surface area contributed by atoms with Crippen molar-refractivity contribution in [1.82, 2.24) is 4.98 Å². The lowest BCUT2D eigenvalue weighted by molar-refractivity contribution is 0.472. The molecule has 3 heteroatoms. The zero-order valence-electron chi connectivity index (χ0n) is 10.2. The highest BCUT2D eigenvalue weighted by molar-refractivity contribution is 5.21. The summed E-state index contributed by atoms with van der Waals surface area (Å²) in [6.07, 6.45) is 3.90. The van der Waals surface area contributed by atoms with Gasteiger partial charge in [0.05, 0.1) is 0 Å². The summed E-state index contributed by atoms with van der Waals surface area (Å²) in [5.74, 6) is 0.0387. The van der Waals surface area contributed by atoms with E-state index in [4.69, 9.17) is 0 Å². The number of unbranched alkanes of at least 4 members (excludes halogenated alkanes) is 1. The summed E-state index contributed by atoms with van der Waals surface area (Å²) < 4.78 is 0. The van der Waals surface area contributed by atoms with E-state index in [2.05, 4.69) is 17.1 Å². The van der Waals surface area contributed by atoms with Gasteiger partial charge in [-0.05, 0) is 37.3 Å². The third kappa shape index (κ3) is 3.77. The second kappa shape index (κ2) is 6.05. The molecule has 0 unspecified atom stereocenters. The smallest absolute Gasteiger partial charge is 0.251 e. The summed E-state index contributed by atoms with van der Waals surface area (Å²) in [7, 11) is 0. The van der Waals surface area contributed by atoms with Crippen molar-refractivity contribution in [2.45, 2.75) is 25.7 Å². The van der Waals surface area contributed by atoms with Crippen molar-refractivity contribution >= 4 is 0 Å². The fourth-order valence-electron chi connectivity index (χ4n) is 2.01. The SMILES string of the molecule is O=c1cc(O)cc(CCCCc2ccccc2)[nH]1. The van der Waals surface area contributed by atoms with Crippen LogP contribution in [-0.4, -0.2) is 10.1 Å². The van der Waals surface area contributed by atoms with Gasteiger partial charge in [-0.1, -0.05) is 30.3 Å². The van der Waals surface area contributed by atoms with Crippen molar-refractivity contribution in [3.8, 4) is 5.75 Å². The Morgan fingerprint density at radius 2 is 1.72 bits per heavy atom. The molecule has 0 radical (unpaired) electrons. The highest BCUT2D eigenvalue weighted by Gasteiger charge is 1.98.